The maximum absolute atomic E-state index is 6.49. The Morgan fingerprint density at radius 1 is 1.03 bits per heavy atom. The molecule has 3 saturated heterocycles. The third kappa shape index (κ3) is 6.91. The lowest BCUT2D eigenvalue weighted by Gasteiger charge is -2.48. The molecule has 1 spiro atoms. The van der Waals surface area contributed by atoms with E-state index in [1.54, 1.807) is 0 Å². The molecule has 0 aromatic heterocycles. The Bertz CT molecular complexity index is 614. The summed E-state index contributed by atoms with van der Waals surface area (Å²) in [5.41, 5.74) is 1.07. The molecule has 0 saturated carbocycles. The average Bonchev–Trinajstić information content (AvgIpc) is 2.64. The van der Waals surface area contributed by atoms with E-state index in [1.165, 1.54) is 58.1 Å². The summed E-state index contributed by atoms with van der Waals surface area (Å²) in [6.07, 6.45) is 5.16. The van der Waals surface area contributed by atoms with Crippen molar-refractivity contribution in [3.63, 3.8) is 0 Å². The maximum Gasteiger partial charge on any atom is 0.0993 e. The van der Waals surface area contributed by atoms with E-state index in [9.17, 15) is 0 Å². The van der Waals surface area contributed by atoms with E-state index in [0.717, 1.165) is 25.6 Å². The van der Waals surface area contributed by atoms with Crippen molar-refractivity contribution in [2.45, 2.75) is 73.1 Å². The van der Waals surface area contributed by atoms with Crippen LogP contribution in [0.15, 0.2) is 0 Å². The Hall–Kier alpha value is 0.270. The third-order valence-corrected chi connectivity index (χ3v) is 11.2. The zero-order chi connectivity index (χ0) is 23.8. The largest absolute Gasteiger partial charge is 0.368 e. The first-order valence-corrected chi connectivity index (χ1v) is 15.2. The lowest BCUT2D eigenvalue weighted by atomic mass is 9.65. The van der Waals surface area contributed by atoms with Crippen molar-refractivity contribution in [3.8, 4) is 0 Å². The molecule has 0 aromatic rings. The van der Waals surface area contributed by atoms with Gasteiger partial charge in [-0.1, -0.05) is 56.4 Å². The molecule has 1 N–H and O–H groups in total. The zero-order valence-corrected chi connectivity index (χ0v) is 23.8. The summed E-state index contributed by atoms with van der Waals surface area (Å²) in [4.78, 5) is 5.45. The summed E-state index contributed by atoms with van der Waals surface area (Å²) in [7, 11) is 2.21. The first kappa shape index (κ1) is 26.9. The average molecular weight is 468 g/mol. The molecule has 188 valence electrons. The van der Waals surface area contributed by atoms with E-state index in [0.29, 0.717) is 22.2 Å². The fraction of sp³-hybridized carbons (Fsp3) is 1.00. The van der Waals surface area contributed by atoms with Gasteiger partial charge < -0.3 is 19.9 Å². The molecule has 3 aliphatic heterocycles. The number of hydrogen-bond acceptors (Lipinski definition) is 4. The molecule has 3 rings (SSSR count). The van der Waals surface area contributed by atoms with Crippen molar-refractivity contribution in [2.24, 2.45) is 28.1 Å². The molecule has 0 radical (unpaired) electrons. The predicted octanol–water partition coefficient (Wildman–Crippen LogP) is 5.18. The number of nitrogens with zero attached hydrogens (tertiary/aromatic N) is 2. The summed E-state index contributed by atoms with van der Waals surface area (Å²) in [6.45, 7) is 29.2. The summed E-state index contributed by atoms with van der Waals surface area (Å²) in [5.74, 6) is 1.43. The van der Waals surface area contributed by atoms with Crippen molar-refractivity contribution in [1.82, 2.24) is 15.1 Å². The summed E-state index contributed by atoms with van der Waals surface area (Å²) in [6, 6.07) is 0. The topological polar surface area (TPSA) is 27.7 Å². The third-order valence-electron chi connectivity index (χ3n) is 8.45. The van der Waals surface area contributed by atoms with Crippen LogP contribution in [0.2, 0.25) is 0 Å². The van der Waals surface area contributed by atoms with Crippen LogP contribution in [0.25, 0.3) is 0 Å². The van der Waals surface area contributed by atoms with Crippen molar-refractivity contribution in [2.75, 3.05) is 72.3 Å². The van der Waals surface area contributed by atoms with E-state index in [1.807, 2.05) is 0 Å². The molecule has 5 heteroatoms. The van der Waals surface area contributed by atoms with Gasteiger partial charge in [0.05, 0.1) is 11.9 Å². The normalized spacial score (nSPS) is 39.5. The minimum Gasteiger partial charge on any atom is -0.368 e. The van der Waals surface area contributed by atoms with Crippen LogP contribution in [0.1, 0.15) is 67.7 Å². The Labute approximate surface area is 201 Å². The monoisotopic (exact) mass is 467 g/mol. The second-order valence-corrected chi connectivity index (χ2v) is 16.7. The van der Waals surface area contributed by atoms with Crippen molar-refractivity contribution < 1.29 is 4.74 Å². The Balaban J connectivity index is 1.75. The van der Waals surface area contributed by atoms with Gasteiger partial charge in [-0.2, -0.15) is 0 Å². The van der Waals surface area contributed by atoms with Gasteiger partial charge in [0.1, 0.15) is 0 Å². The highest BCUT2D eigenvalue weighted by molar-refractivity contribution is 7.58. The molecule has 4 nitrogen and oxygen atoms in total. The molecule has 0 aromatic carbocycles. The first-order valence-electron chi connectivity index (χ1n) is 13.2. The summed E-state index contributed by atoms with van der Waals surface area (Å²) < 4.78 is 6.49. The highest BCUT2D eigenvalue weighted by Crippen LogP contribution is 2.53. The highest BCUT2D eigenvalue weighted by atomic mass is 31.1. The molecule has 32 heavy (non-hydrogen) atoms. The van der Waals surface area contributed by atoms with Crippen LogP contribution in [0.4, 0.5) is 0 Å². The molecule has 0 aliphatic carbocycles. The molecular formula is C27H54N3OP. The van der Waals surface area contributed by atoms with E-state index in [4.69, 9.17) is 4.74 Å². The molecular weight excluding hydrogens is 413 g/mol. The SMILES string of the molecule is CC1CN(CC2CC(C)(C)CN(C)CC(C)(C)CC2(C)C)CCP(C)C2(CNCCO2)C1. The van der Waals surface area contributed by atoms with Gasteiger partial charge in [-0.25, -0.2) is 0 Å². The standard InChI is InChI=1S/C27H54N3OP/c1-22-14-27(19-28-10-12-31-27)32(9)13-11-30(16-22)17-23-15-24(2,3)20-29(8)21-25(4,5)18-26(23,6)7/h22-23,28H,10-21H2,1-9H3. The van der Waals surface area contributed by atoms with Crippen molar-refractivity contribution >= 4 is 7.92 Å². The minimum absolute atomic E-state index is 0.118. The van der Waals surface area contributed by atoms with E-state index in [2.05, 4.69) is 77.3 Å². The Kier molecular flexibility index (Phi) is 8.48. The number of morpholine rings is 1. The van der Waals surface area contributed by atoms with Gasteiger partial charge in [-0.15, -0.1) is 0 Å². The smallest absolute Gasteiger partial charge is 0.0993 e. The predicted molar refractivity (Wildman–Crippen MR) is 141 cm³/mol. The molecule has 0 bridgehead atoms. The Morgan fingerprint density at radius 2 is 1.72 bits per heavy atom. The molecule has 3 fully saturated rings. The number of ether oxygens (including phenoxy) is 1. The second kappa shape index (κ2) is 10.1. The number of rotatable bonds is 2. The van der Waals surface area contributed by atoms with Crippen LogP contribution in [-0.4, -0.2) is 87.4 Å². The second-order valence-electron chi connectivity index (χ2n) is 14.0. The van der Waals surface area contributed by atoms with E-state index < -0.39 is 0 Å². The van der Waals surface area contributed by atoms with Gasteiger partial charge in [0, 0.05) is 45.8 Å². The quantitative estimate of drug-likeness (QED) is 0.567. The molecule has 4 atom stereocenters. The van der Waals surface area contributed by atoms with Crippen LogP contribution < -0.4 is 5.32 Å². The van der Waals surface area contributed by atoms with Gasteiger partial charge >= 0.3 is 0 Å². The van der Waals surface area contributed by atoms with Gasteiger partial charge in [0.25, 0.3) is 0 Å². The fourth-order valence-electron chi connectivity index (χ4n) is 7.56. The van der Waals surface area contributed by atoms with Crippen LogP contribution in [-0.2, 0) is 4.74 Å². The zero-order valence-electron chi connectivity index (χ0n) is 22.9. The molecule has 0 amide bonds. The lowest BCUT2D eigenvalue weighted by Crippen LogP contribution is -2.52. The fourth-order valence-corrected chi connectivity index (χ4v) is 9.87. The Morgan fingerprint density at radius 3 is 2.38 bits per heavy atom. The minimum atomic E-state index is -0.125. The molecule has 4 unspecified atom stereocenters. The van der Waals surface area contributed by atoms with E-state index in [-0.39, 0.29) is 13.3 Å². The van der Waals surface area contributed by atoms with Crippen molar-refractivity contribution in [3.05, 3.63) is 0 Å². The number of nitrogens with one attached hydrogen (secondary N) is 1. The molecule has 3 aliphatic rings. The van der Waals surface area contributed by atoms with Crippen LogP contribution in [0, 0.1) is 28.1 Å². The summed E-state index contributed by atoms with van der Waals surface area (Å²) >= 11 is 0. The first-order chi connectivity index (χ1) is 14.7. The van der Waals surface area contributed by atoms with Crippen LogP contribution in [0.5, 0.6) is 0 Å². The van der Waals surface area contributed by atoms with Gasteiger partial charge in [0.2, 0.25) is 0 Å². The number of hydrogen-bond donors (Lipinski definition) is 1. The van der Waals surface area contributed by atoms with Gasteiger partial charge in [-0.05, 0) is 67.2 Å². The summed E-state index contributed by atoms with van der Waals surface area (Å²) in [5, 5.41) is 3.76. The van der Waals surface area contributed by atoms with E-state index >= 15 is 0 Å². The van der Waals surface area contributed by atoms with Crippen LogP contribution in [0.3, 0.4) is 0 Å². The van der Waals surface area contributed by atoms with Gasteiger partial charge in [-0.3, -0.25) is 0 Å². The van der Waals surface area contributed by atoms with Crippen LogP contribution >= 0.6 is 7.92 Å². The molecule has 3 heterocycles. The lowest BCUT2D eigenvalue weighted by molar-refractivity contribution is -0.0231. The van der Waals surface area contributed by atoms with Crippen molar-refractivity contribution in [1.29, 1.82) is 0 Å². The maximum atomic E-state index is 6.49. The highest BCUT2D eigenvalue weighted by Gasteiger charge is 2.44. The van der Waals surface area contributed by atoms with Gasteiger partial charge in [0.15, 0.2) is 0 Å².